The van der Waals surface area contributed by atoms with Crippen LogP contribution in [-0.4, -0.2) is 59.6 Å². The number of nitrogens with one attached hydrogen (secondary N) is 2. The summed E-state index contributed by atoms with van der Waals surface area (Å²) < 4.78 is 47.2. The van der Waals surface area contributed by atoms with Gasteiger partial charge in [-0.25, -0.2) is 15.0 Å². The smallest absolute Gasteiger partial charge is 0.494 e. The molecule has 0 unspecified atom stereocenters. The minimum Gasteiger partial charge on any atom is -0.494 e. The molecule has 39 heavy (non-hydrogen) atoms. The van der Waals surface area contributed by atoms with Crippen molar-refractivity contribution in [1.29, 1.82) is 0 Å². The molecule has 9 nitrogen and oxygen atoms in total. The van der Waals surface area contributed by atoms with Gasteiger partial charge in [-0.3, -0.25) is 4.98 Å². The largest absolute Gasteiger partial charge is 0.573 e. The maximum absolute atomic E-state index is 12.6. The zero-order valence-corrected chi connectivity index (χ0v) is 21.1. The van der Waals surface area contributed by atoms with Crippen LogP contribution in [0.4, 0.5) is 30.5 Å². The number of methoxy groups -OCH3 is 1. The van der Waals surface area contributed by atoms with E-state index in [-0.39, 0.29) is 11.5 Å². The molecule has 4 aromatic rings. The molecule has 0 bridgehead atoms. The highest BCUT2D eigenvalue weighted by molar-refractivity contribution is 5.94. The number of benzene rings is 1. The number of anilines is 3. The summed E-state index contributed by atoms with van der Waals surface area (Å²) in [4.78, 5) is 21.1. The zero-order chi connectivity index (χ0) is 27.0. The molecule has 2 fully saturated rings. The van der Waals surface area contributed by atoms with Gasteiger partial charge in [-0.1, -0.05) is 0 Å². The van der Waals surface area contributed by atoms with Crippen molar-refractivity contribution in [2.45, 2.75) is 25.1 Å². The number of fused-ring (bicyclic) bond motifs is 1. The Bertz CT molecular complexity index is 1500. The fraction of sp³-hybridized carbons (Fsp3) is 0.333. The average molecular weight is 538 g/mol. The molecule has 1 aliphatic carbocycles. The van der Waals surface area contributed by atoms with Crippen molar-refractivity contribution in [1.82, 2.24) is 25.3 Å². The number of nitrogens with zero attached hydrogens (tertiary/aromatic N) is 5. The van der Waals surface area contributed by atoms with E-state index in [2.05, 4.69) is 30.2 Å². The Hall–Kier alpha value is -4.19. The normalized spacial score (nSPS) is 15.8. The molecular weight excluding hydrogens is 511 g/mol. The molecule has 4 heterocycles. The van der Waals surface area contributed by atoms with Crippen LogP contribution in [0.5, 0.6) is 11.5 Å². The third-order valence-electron chi connectivity index (χ3n) is 6.74. The second kappa shape index (κ2) is 10.2. The van der Waals surface area contributed by atoms with Crippen molar-refractivity contribution in [3.8, 4) is 22.9 Å². The van der Waals surface area contributed by atoms with Crippen LogP contribution in [0.3, 0.4) is 0 Å². The number of aromatic nitrogens is 4. The minimum atomic E-state index is -4.80. The third kappa shape index (κ3) is 5.51. The summed E-state index contributed by atoms with van der Waals surface area (Å²) in [6.45, 7) is 3.44. The summed E-state index contributed by atoms with van der Waals surface area (Å²) in [5.74, 6) is 2.19. The Labute approximate surface area is 222 Å². The van der Waals surface area contributed by atoms with Crippen LogP contribution in [0.25, 0.3) is 22.3 Å². The molecule has 0 atom stereocenters. The number of rotatable bonds is 7. The Morgan fingerprint density at radius 2 is 1.87 bits per heavy atom. The zero-order valence-electron chi connectivity index (χ0n) is 21.1. The molecule has 2 N–H and O–H groups in total. The van der Waals surface area contributed by atoms with Gasteiger partial charge in [0, 0.05) is 55.6 Å². The Morgan fingerprint density at radius 3 is 2.62 bits per heavy atom. The first-order valence-corrected chi connectivity index (χ1v) is 12.7. The van der Waals surface area contributed by atoms with E-state index in [9.17, 15) is 13.2 Å². The summed E-state index contributed by atoms with van der Waals surface area (Å²) in [5, 5.41) is 7.57. The first-order valence-electron chi connectivity index (χ1n) is 12.7. The monoisotopic (exact) mass is 537 g/mol. The van der Waals surface area contributed by atoms with Crippen molar-refractivity contribution in [3.05, 3.63) is 54.5 Å². The van der Waals surface area contributed by atoms with Crippen LogP contribution in [0, 0.1) is 0 Å². The highest BCUT2D eigenvalue weighted by Crippen LogP contribution is 2.45. The Morgan fingerprint density at radius 1 is 1.05 bits per heavy atom. The molecule has 1 saturated carbocycles. The van der Waals surface area contributed by atoms with Gasteiger partial charge in [0.05, 0.1) is 24.5 Å². The summed E-state index contributed by atoms with van der Waals surface area (Å²) in [6.07, 6.45) is 2.86. The maximum atomic E-state index is 12.6. The molecule has 0 amide bonds. The SMILES string of the molecule is COc1cc(OC(F)(F)F)ccc1Nc1cc(-c2nc(N3CCNCC3)c3c(C4CC4)cncc3n2)ccn1. The molecule has 2 aliphatic rings. The number of pyridine rings is 2. The number of hydrogen-bond acceptors (Lipinski definition) is 9. The standard InChI is InChI=1S/C27H26F3N7O2/c1-38-22-13-18(39-27(28,29)30)4-5-20(22)34-23-12-17(6-7-33-23)25-35-21-15-32-14-19(16-2-3-16)24(21)26(36-25)37-10-8-31-9-11-37/h4-7,12-16,31H,2-3,8-11H2,1H3,(H,33,34). The van der Waals surface area contributed by atoms with Gasteiger partial charge in [-0.15, -0.1) is 13.2 Å². The van der Waals surface area contributed by atoms with Crippen LogP contribution >= 0.6 is 0 Å². The van der Waals surface area contributed by atoms with E-state index in [4.69, 9.17) is 14.7 Å². The Kier molecular flexibility index (Phi) is 6.55. The average Bonchev–Trinajstić information content (AvgIpc) is 3.78. The molecule has 6 rings (SSSR count). The predicted molar refractivity (Wildman–Crippen MR) is 141 cm³/mol. The molecule has 3 aromatic heterocycles. The number of ether oxygens (including phenoxy) is 2. The van der Waals surface area contributed by atoms with E-state index in [1.807, 2.05) is 12.3 Å². The van der Waals surface area contributed by atoms with Crippen molar-refractivity contribution in [3.63, 3.8) is 0 Å². The highest BCUT2D eigenvalue weighted by atomic mass is 19.4. The van der Waals surface area contributed by atoms with Gasteiger partial charge < -0.3 is 25.0 Å². The van der Waals surface area contributed by atoms with Gasteiger partial charge >= 0.3 is 6.36 Å². The summed E-state index contributed by atoms with van der Waals surface area (Å²) in [5.41, 5.74) is 3.16. The summed E-state index contributed by atoms with van der Waals surface area (Å²) in [6, 6.07) is 7.42. The topological polar surface area (TPSA) is 97.3 Å². The van der Waals surface area contributed by atoms with Crippen molar-refractivity contribution >= 4 is 28.2 Å². The number of halogens is 3. The van der Waals surface area contributed by atoms with E-state index in [1.165, 1.54) is 24.8 Å². The van der Waals surface area contributed by atoms with Gasteiger partial charge in [0.2, 0.25) is 0 Å². The quantitative estimate of drug-likeness (QED) is 0.337. The minimum absolute atomic E-state index is 0.172. The number of piperazine rings is 1. The first kappa shape index (κ1) is 25.1. The molecule has 1 saturated heterocycles. The molecular formula is C27H26F3N7O2. The lowest BCUT2D eigenvalue weighted by molar-refractivity contribution is -0.274. The van der Waals surface area contributed by atoms with Gasteiger partial charge in [0.25, 0.3) is 0 Å². The fourth-order valence-corrected chi connectivity index (χ4v) is 4.78. The Balaban J connectivity index is 1.36. The van der Waals surface area contributed by atoms with Crippen LogP contribution in [0.15, 0.2) is 48.9 Å². The number of hydrogen-bond donors (Lipinski definition) is 2. The molecule has 0 spiro atoms. The second-order valence-corrected chi connectivity index (χ2v) is 9.47. The van der Waals surface area contributed by atoms with Crippen LogP contribution in [0.2, 0.25) is 0 Å². The van der Waals surface area contributed by atoms with E-state index in [1.54, 1.807) is 18.5 Å². The van der Waals surface area contributed by atoms with Crippen LogP contribution in [-0.2, 0) is 0 Å². The van der Waals surface area contributed by atoms with Gasteiger partial charge in [-0.2, -0.15) is 0 Å². The van der Waals surface area contributed by atoms with E-state index < -0.39 is 6.36 Å². The number of alkyl halides is 3. The van der Waals surface area contributed by atoms with E-state index in [0.29, 0.717) is 23.2 Å². The predicted octanol–water partition coefficient (Wildman–Crippen LogP) is 5.02. The lowest BCUT2D eigenvalue weighted by Crippen LogP contribution is -2.44. The first-order chi connectivity index (χ1) is 18.9. The highest BCUT2D eigenvalue weighted by Gasteiger charge is 2.32. The van der Waals surface area contributed by atoms with Crippen molar-refractivity contribution < 1.29 is 22.6 Å². The van der Waals surface area contributed by atoms with Crippen molar-refractivity contribution in [2.75, 3.05) is 43.5 Å². The second-order valence-electron chi connectivity index (χ2n) is 9.47. The molecule has 1 aliphatic heterocycles. The van der Waals surface area contributed by atoms with Gasteiger partial charge in [0.15, 0.2) is 5.82 Å². The van der Waals surface area contributed by atoms with Crippen LogP contribution in [0.1, 0.15) is 24.3 Å². The van der Waals surface area contributed by atoms with E-state index in [0.717, 1.165) is 67.4 Å². The molecule has 12 heteroatoms. The lowest BCUT2D eigenvalue weighted by Gasteiger charge is -2.30. The van der Waals surface area contributed by atoms with Crippen molar-refractivity contribution in [2.24, 2.45) is 0 Å². The lowest BCUT2D eigenvalue weighted by atomic mass is 10.1. The summed E-state index contributed by atoms with van der Waals surface area (Å²) in [7, 11) is 1.37. The molecule has 1 aromatic carbocycles. The van der Waals surface area contributed by atoms with E-state index >= 15 is 0 Å². The van der Waals surface area contributed by atoms with Gasteiger partial charge in [0.1, 0.15) is 23.1 Å². The van der Waals surface area contributed by atoms with Crippen LogP contribution < -0.4 is 25.0 Å². The molecule has 0 radical (unpaired) electrons. The maximum Gasteiger partial charge on any atom is 0.573 e. The summed E-state index contributed by atoms with van der Waals surface area (Å²) >= 11 is 0. The fourth-order valence-electron chi connectivity index (χ4n) is 4.78. The molecule has 202 valence electrons. The third-order valence-corrected chi connectivity index (χ3v) is 6.74. The van der Waals surface area contributed by atoms with Gasteiger partial charge in [-0.05, 0) is 48.6 Å².